The van der Waals surface area contributed by atoms with Crippen molar-refractivity contribution in [1.29, 1.82) is 0 Å². The third kappa shape index (κ3) is 3.71. The molecule has 0 saturated heterocycles. The fourth-order valence-electron chi connectivity index (χ4n) is 2.38. The average Bonchev–Trinajstić information content (AvgIpc) is 2.93. The summed E-state index contributed by atoms with van der Waals surface area (Å²) in [5, 5.41) is 4.50. The van der Waals surface area contributed by atoms with Gasteiger partial charge in [0, 0.05) is 34.6 Å². The van der Waals surface area contributed by atoms with E-state index in [4.69, 9.17) is 0 Å². The van der Waals surface area contributed by atoms with E-state index in [1.54, 1.807) is 23.7 Å². The molecule has 118 valence electrons. The van der Waals surface area contributed by atoms with Crippen molar-refractivity contribution in [2.24, 2.45) is 0 Å². The van der Waals surface area contributed by atoms with E-state index in [1.807, 2.05) is 32.0 Å². The van der Waals surface area contributed by atoms with Crippen molar-refractivity contribution in [3.63, 3.8) is 0 Å². The van der Waals surface area contributed by atoms with Crippen LogP contribution >= 0.6 is 11.3 Å². The van der Waals surface area contributed by atoms with Crippen LogP contribution in [0.5, 0.6) is 0 Å². The standard InChI is InChI=1S/C17H19N5S/c1-4-14-15(23-12(3)21-14)10-19-16-8-11(2)20-17(22-16)13-6-5-7-18-9-13/h5-9H,4,10H2,1-3H3,(H,19,20,22). The van der Waals surface area contributed by atoms with E-state index in [9.17, 15) is 0 Å². The molecule has 0 unspecified atom stereocenters. The number of hydrogen-bond donors (Lipinski definition) is 1. The molecule has 0 aliphatic heterocycles. The van der Waals surface area contributed by atoms with Crippen LogP contribution < -0.4 is 5.32 Å². The Kier molecular flexibility index (Phi) is 4.62. The van der Waals surface area contributed by atoms with Gasteiger partial charge in [0.1, 0.15) is 5.82 Å². The zero-order valence-corrected chi connectivity index (χ0v) is 14.3. The van der Waals surface area contributed by atoms with Gasteiger partial charge in [-0.15, -0.1) is 11.3 Å². The Morgan fingerprint density at radius 1 is 1.17 bits per heavy atom. The molecule has 0 aliphatic rings. The molecule has 0 radical (unpaired) electrons. The molecule has 0 spiro atoms. The van der Waals surface area contributed by atoms with Gasteiger partial charge in [-0.05, 0) is 32.4 Å². The van der Waals surface area contributed by atoms with E-state index < -0.39 is 0 Å². The summed E-state index contributed by atoms with van der Waals surface area (Å²) in [7, 11) is 0. The molecule has 5 nitrogen and oxygen atoms in total. The number of hydrogen-bond acceptors (Lipinski definition) is 6. The van der Waals surface area contributed by atoms with Crippen LogP contribution in [-0.2, 0) is 13.0 Å². The first-order chi connectivity index (χ1) is 11.2. The first-order valence-electron chi connectivity index (χ1n) is 7.61. The quantitative estimate of drug-likeness (QED) is 0.773. The van der Waals surface area contributed by atoms with Crippen molar-refractivity contribution in [2.45, 2.75) is 33.7 Å². The van der Waals surface area contributed by atoms with Gasteiger partial charge in [0.2, 0.25) is 0 Å². The largest absolute Gasteiger partial charge is 0.365 e. The summed E-state index contributed by atoms with van der Waals surface area (Å²) in [4.78, 5) is 19.1. The lowest BCUT2D eigenvalue weighted by Crippen LogP contribution is -2.04. The van der Waals surface area contributed by atoms with Crippen molar-refractivity contribution in [3.8, 4) is 11.4 Å². The minimum absolute atomic E-state index is 0.691. The van der Waals surface area contributed by atoms with Gasteiger partial charge in [-0.25, -0.2) is 15.0 Å². The van der Waals surface area contributed by atoms with Crippen molar-refractivity contribution in [1.82, 2.24) is 19.9 Å². The number of rotatable bonds is 5. The fourth-order valence-corrected chi connectivity index (χ4v) is 3.35. The highest BCUT2D eigenvalue weighted by Gasteiger charge is 2.09. The summed E-state index contributed by atoms with van der Waals surface area (Å²) in [6, 6.07) is 5.81. The van der Waals surface area contributed by atoms with Gasteiger partial charge in [0.05, 0.1) is 17.2 Å². The monoisotopic (exact) mass is 325 g/mol. The maximum atomic E-state index is 4.60. The molecule has 0 amide bonds. The minimum Gasteiger partial charge on any atom is -0.365 e. The molecule has 0 fully saturated rings. The molecule has 0 aliphatic carbocycles. The maximum Gasteiger partial charge on any atom is 0.163 e. The number of pyridine rings is 1. The predicted molar refractivity (Wildman–Crippen MR) is 93.6 cm³/mol. The van der Waals surface area contributed by atoms with Gasteiger partial charge >= 0.3 is 0 Å². The third-order valence-corrected chi connectivity index (χ3v) is 4.44. The minimum atomic E-state index is 0.691. The summed E-state index contributed by atoms with van der Waals surface area (Å²) < 4.78 is 0. The average molecular weight is 325 g/mol. The Bertz CT molecular complexity index is 798. The van der Waals surface area contributed by atoms with E-state index in [1.165, 1.54) is 10.6 Å². The van der Waals surface area contributed by atoms with Crippen LogP contribution in [0, 0.1) is 13.8 Å². The smallest absolute Gasteiger partial charge is 0.163 e. The predicted octanol–water partition coefficient (Wildman–Crippen LogP) is 3.79. The number of thiazole rings is 1. The summed E-state index contributed by atoms with van der Waals surface area (Å²) in [6.45, 7) is 6.88. The first-order valence-corrected chi connectivity index (χ1v) is 8.42. The van der Waals surface area contributed by atoms with Gasteiger partial charge in [0.25, 0.3) is 0 Å². The number of anilines is 1. The highest BCUT2D eigenvalue weighted by molar-refractivity contribution is 7.11. The molecular formula is C17H19N5S. The van der Waals surface area contributed by atoms with Crippen LogP contribution in [0.4, 0.5) is 5.82 Å². The zero-order valence-electron chi connectivity index (χ0n) is 13.5. The molecule has 3 aromatic rings. The van der Waals surface area contributed by atoms with Gasteiger partial charge in [-0.1, -0.05) is 6.92 Å². The van der Waals surface area contributed by atoms with E-state index in [2.05, 4.69) is 32.2 Å². The molecule has 3 heterocycles. The van der Waals surface area contributed by atoms with E-state index in [0.717, 1.165) is 35.0 Å². The molecule has 0 bridgehead atoms. The van der Waals surface area contributed by atoms with Crippen LogP contribution in [0.1, 0.15) is 28.2 Å². The van der Waals surface area contributed by atoms with Gasteiger partial charge in [-0.3, -0.25) is 4.98 Å². The second-order valence-electron chi connectivity index (χ2n) is 5.27. The summed E-state index contributed by atoms with van der Waals surface area (Å²) in [6.07, 6.45) is 4.47. The van der Waals surface area contributed by atoms with E-state index in [-0.39, 0.29) is 0 Å². The summed E-state index contributed by atoms with van der Waals surface area (Å²) in [5.74, 6) is 1.52. The van der Waals surface area contributed by atoms with Crippen molar-refractivity contribution in [3.05, 3.63) is 51.9 Å². The van der Waals surface area contributed by atoms with Crippen molar-refractivity contribution < 1.29 is 0 Å². The Hall–Kier alpha value is -2.34. The number of nitrogens with one attached hydrogen (secondary N) is 1. The lowest BCUT2D eigenvalue weighted by Gasteiger charge is -2.08. The molecule has 0 saturated carbocycles. The number of nitrogens with zero attached hydrogens (tertiary/aromatic N) is 4. The van der Waals surface area contributed by atoms with Gasteiger partial charge in [-0.2, -0.15) is 0 Å². The topological polar surface area (TPSA) is 63.6 Å². The zero-order chi connectivity index (χ0) is 16.2. The van der Waals surface area contributed by atoms with Crippen LogP contribution in [-0.4, -0.2) is 19.9 Å². The normalized spacial score (nSPS) is 10.7. The highest BCUT2D eigenvalue weighted by atomic mass is 32.1. The third-order valence-electron chi connectivity index (χ3n) is 3.42. The van der Waals surface area contributed by atoms with Crippen LogP contribution in [0.15, 0.2) is 30.6 Å². The molecule has 0 atom stereocenters. The molecular weight excluding hydrogens is 306 g/mol. The molecule has 3 rings (SSSR count). The molecule has 1 N–H and O–H groups in total. The highest BCUT2D eigenvalue weighted by Crippen LogP contribution is 2.21. The SMILES string of the molecule is CCc1nc(C)sc1CNc1cc(C)nc(-c2cccnc2)n1. The second-order valence-corrected chi connectivity index (χ2v) is 6.56. The molecule has 23 heavy (non-hydrogen) atoms. The number of aryl methyl sites for hydroxylation is 3. The summed E-state index contributed by atoms with van der Waals surface area (Å²) in [5.41, 5.74) is 3.01. The van der Waals surface area contributed by atoms with Gasteiger partial charge < -0.3 is 5.32 Å². The van der Waals surface area contributed by atoms with Crippen LogP contribution in [0.3, 0.4) is 0 Å². The lowest BCUT2D eigenvalue weighted by atomic mass is 10.2. The molecule has 0 aromatic carbocycles. The van der Waals surface area contributed by atoms with E-state index >= 15 is 0 Å². The van der Waals surface area contributed by atoms with Crippen molar-refractivity contribution >= 4 is 17.2 Å². The Labute approximate surface area is 139 Å². The van der Waals surface area contributed by atoms with Crippen LogP contribution in [0.25, 0.3) is 11.4 Å². The molecule has 3 aromatic heterocycles. The van der Waals surface area contributed by atoms with E-state index in [0.29, 0.717) is 5.82 Å². The Balaban J connectivity index is 1.82. The van der Waals surface area contributed by atoms with Gasteiger partial charge in [0.15, 0.2) is 5.82 Å². The second kappa shape index (κ2) is 6.83. The van der Waals surface area contributed by atoms with Crippen LogP contribution in [0.2, 0.25) is 0 Å². The lowest BCUT2D eigenvalue weighted by molar-refractivity contribution is 0.992. The maximum absolute atomic E-state index is 4.60. The van der Waals surface area contributed by atoms with Crippen molar-refractivity contribution in [2.75, 3.05) is 5.32 Å². The Morgan fingerprint density at radius 2 is 2.04 bits per heavy atom. The Morgan fingerprint density at radius 3 is 2.78 bits per heavy atom. The fraction of sp³-hybridized carbons (Fsp3) is 0.294. The molecule has 6 heteroatoms. The number of aromatic nitrogens is 4. The summed E-state index contributed by atoms with van der Waals surface area (Å²) >= 11 is 1.74. The first kappa shape index (κ1) is 15.6.